The van der Waals surface area contributed by atoms with Gasteiger partial charge >= 0.3 is 12.1 Å². The zero-order chi connectivity index (χ0) is 38.0. The fourth-order valence-electron chi connectivity index (χ4n) is 5.67. The van der Waals surface area contributed by atoms with Gasteiger partial charge in [-0.15, -0.1) is 0 Å². The number of amides is 3. The second-order valence-corrected chi connectivity index (χ2v) is 16.4. The Hall–Kier alpha value is -3.88. The quantitative estimate of drug-likeness (QED) is 0.183. The van der Waals surface area contributed by atoms with Crippen LogP contribution in [0.5, 0.6) is 0 Å². The normalized spacial score (nSPS) is 14.4. The molecule has 0 bridgehead atoms. The number of carbonyl (C=O) groups excluding carboxylic acids is 4. The van der Waals surface area contributed by atoms with Gasteiger partial charge in [0.2, 0.25) is 11.8 Å². The molecule has 0 heterocycles. The molecule has 3 amide bonds. The van der Waals surface area contributed by atoms with Gasteiger partial charge in [0.1, 0.15) is 29.3 Å². The summed E-state index contributed by atoms with van der Waals surface area (Å²) < 4.78 is 11.3. The number of nitrogens with zero attached hydrogens (tertiary/aromatic N) is 1. The van der Waals surface area contributed by atoms with E-state index in [1.807, 2.05) is 83.1 Å². The Bertz CT molecular complexity index is 1420. The number of hydrogen-bond donors (Lipinski definition) is 2. The summed E-state index contributed by atoms with van der Waals surface area (Å²) in [5.74, 6) is -1.06. The molecule has 0 aliphatic rings. The Morgan fingerprint density at radius 2 is 1.32 bits per heavy atom. The largest absolute Gasteiger partial charge is 0.458 e. The molecular formula is C41H63N3O6. The van der Waals surface area contributed by atoms with Gasteiger partial charge in [0, 0.05) is 12.5 Å². The molecule has 278 valence electrons. The Morgan fingerprint density at radius 3 is 1.84 bits per heavy atom. The minimum Gasteiger partial charge on any atom is -0.458 e. The highest BCUT2D eigenvalue weighted by atomic mass is 16.6. The van der Waals surface area contributed by atoms with E-state index in [2.05, 4.69) is 24.5 Å². The average molecular weight is 694 g/mol. The summed E-state index contributed by atoms with van der Waals surface area (Å²) in [6.07, 6.45) is 1.27. The van der Waals surface area contributed by atoms with E-state index in [0.29, 0.717) is 24.3 Å². The van der Waals surface area contributed by atoms with E-state index >= 15 is 0 Å². The van der Waals surface area contributed by atoms with Crippen molar-refractivity contribution in [1.82, 2.24) is 15.5 Å². The van der Waals surface area contributed by atoms with Crippen LogP contribution in [0.3, 0.4) is 0 Å². The van der Waals surface area contributed by atoms with Crippen LogP contribution < -0.4 is 10.6 Å². The van der Waals surface area contributed by atoms with Crippen molar-refractivity contribution in [2.45, 2.75) is 151 Å². The van der Waals surface area contributed by atoms with Crippen molar-refractivity contribution in [3.8, 4) is 0 Å². The van der Waals surface area contributed by atoms with Gasteiger partial charge in [-0.3, -0.25) is 9.59 Å². The van der Waals surface area contributed by atoms with E-state index in [4.69, 9.17) is 9.47 Å². The van der Waals surface area contributed by atoms with Crippen LogP contribution in [-0.4, -0.2) is 58.1 Å². The lowest BCUT2D eigenvalue weighted by Crippen LogP contribution is -2.57. The van der Waals surface area contributed by atoms with Crippen LogP contribution in [-0.2, 0) is 30.3 Å². The molecule has 2 N–H and O–H groups in total. The van der Waals surface area contributed by atoms with Gasteiger partial charge in [0.25, 0.3) is 0 Å². The first-order valence-corrected chi connectivity index (χ1v) is 18.0. The summed E-state index contributed by atoms with van der Waals surface area (Å²) in [6, 6.07) is 11.7. The average Bonchev–Trinajstić information content (AvgIpc) is 2.97. The topological polar surface area (TPSA) is 114 Å². The fraction of sp³-hybridized carbons (Fsp3) is 0.610. The standard InChI is InChI=1S/C41H63N3O6/c1-26(2)19-21-30(7)44(37(46)33(23-27(3)4)43-39(48)50-41(11,12)13)35(32-22-20-28(5)29(6)24-32)36(45)42-34(38(47)49-40(8,9)10)25-31-17-15-14-16-18-31/h14-18,20,22,24,26-27,30,33-35H,19,21,23,25H2,1-13H3,(H,42,45)(H,43,48). The fourth-order valence-corrected chi connectivity index (χ4v) is 5.67. The van der Waals surface area contributed by atoms with Crippen molar-refractivity contribution < 1.29 is 28.7 Å². The first-order chi connectivity index (χ1) is 23.1. The summed E-state index contributed by atoms with van der Waals surface area (Å²) >= 11 is 0. The van der Waals surface area contributed by atoms with Crippen LogP contribution in [0.25, 0.3) is 0 Å². The second-order valence-electron chi connectivity index (χ2n) is 16.4. The molecular weight excluding hydrogens is 630 g/mol. The Balaban J connectivity index is 2.75. The van der Waals surface area contributed by atoms with Crippen LogP contribution >= 0.6 is 0 Å². The number of rotatable bonds is 15. The van der Waals surface area contributed by atoms with E-state index in [1.165, 1.54) is 0 Å². The lowest BCUT2D eigenvalue weighted by Gasteiger charge is -2.39. The number of esters is 1. The Kier molecular flexibility index (Phi) is 15.5. The van der Waals surface area contributed by atoms with Crippen LogP contribution in [0, 0.1) is 25.7 Å². The van der Waals surface area contributed by atoms with E-state index in [-0.39, 0.29) is 12.3 Å². The maximum absolute atomic E-state index is 14.9. The summed E-state index contributed by atoms with van der Waals surface area (Å²) in [6.45, 7) is 24.7. The van der Waals surface area contributed by atoms with E-state index in [9.17, 15) is 19.2 Å². The van der Waals surface area contributed by atoms with Gasteiger partial charge in [0.05, 0.1) is 0 Å². The molecule has 4 unspecified atom stereocenters. The van der Waals surface area contributed by atoms with E-state index in [0.717, 1.165) is 23.1 Å². The Morgan fingerprint density at radius 1 is 0.720 bits per heavy atom. The predicted molar refractivity (Wildman–Crippen MR) is 200 cm³/mol. The molecule has 4 atom stereocenters. The third-order valence-electron chi connectivity index (χ3n) is 8.25. The molecule has 0 spiro atoms. The van der Waals surface area contributed by atoms with Crippen LogP contribution in [0.15, 0.2) is 48.5 Å². The smallest absolute Gasteiger partial charge is 0.408 e. The minimum absolute atomic E-state index is 0.0445. The molecule has 2 rings (SSSR count). The van der Waals surface area contributed by atoms with Gasteiger partial charge in [-0.05, 0) is 116 Å². The number of nitrogens with one attached hydrogen (secondary N) is 2. The van der Waals surface area contributed by atoms with Gasteiger partial charge < -0.3 is 25.0 Å². The lowest BCUT2D eigenvalue weighted by atomic mass is 9.93. The van der Waals surface area contributed by atoms with Crippen molar-refractivity contribution >= 4 is 23.9 Å². The summed E-state index contributed by atoms with van der Waals surface area (Å²) in [5.41, 5.74) is 1.91. The van der Waals surface area contributed by atoms with Crippen molar-refractivity contribution in [3.05, 3.63) is 70.8 Å². The molecule has 2 aromatic carbocycles. The minimum atomic E-state index is -1.11. The van der Waals surface area contributed by atoms with Gasteiger partial charge in [0.15, 0.2) is 0 Å². The van der Waals surface area contributed by atoms with Crippen LogP contribution in [0.1, 0.15) is 124 Å². The number of aryl methyl sites for hydroxylation is 2. The molecule has 0 fully saturated rings. The summed E-state index contributed by atoms with van der Waals surface area (Å²) in [7, 11) is 0. The van der Waals surface area contributed by atoms with Crippen LogP contribution in [0.4, 0.5) is 4.79 Å². The third kappa shape index (κ3) is 14.2. The highest BCUT2D eigenvalue weighted by molar-refractivity contribution is 5.94. The third-order valence-corrected chi connectivity index (χ3v) is 8.25. The highest BCUT2D eigenvalue weighted by Gasteiger charge is 2.40. The molecule has 9 heteroatoms. The van der Waals surface area contributed by atoms with Gasteiger partial charge in [-0.1, -0.05) is 76.2 Å². The number of carbonyl (C=O) groups is 4. The highest BCUT2D eigenvalue weighted by Crippen LogP contribution is 2.30. The molecule has 2 aromatic rings. The number of alkyl carbamates (subject to hydrolysis) is 1. The zero-order valence-electron chi connectivity index (χ0n) is 32.8. The van der Waals surface area contributed by atoms with E-state index in [1.54, 1.807) is 46.4 Å². The molecule has 0 saturated carbocycles. The van der Waals surface area contributed by atoms with Crippen LogP contribution in [0.2, 0.25) is 0 Å². The molecule has 0 saturated heterocycles. The first-order valence-electron chi connectivity index (χ1n) is 18.0. The molecule has 0 aromatic heterocycles. The Labute approximate surface area is 301 Å². The maximum atomic E-state index is 14.9. The van der Waals surface area contributed by atoms with Crippen molar-refractivity contribution in [3.63, 3.8) is 0 Å². The van der Waals surface area contributed by atoms with Crippen molar-refractivity contribution in [2.75, 3.05) is 0 Å². The number of hydrogen-bond acceptors (Lipinski definition) is 6. The molecule has 0 aliphatic heterocycles. The molecule has 0 radical (unpaired) electrons. The summed E-state index contributed by atoms with van der Waals surface area (Å²) in [5, 5.41) is 5.84. The zero-order valence-corrected chi connectivity index (χ0v) is 32.8. The number of benzene rings is 2. The maximum Gasteiger partial charge on any atom is 0.408 e. The molecule has 9 nitrogen and oxygen atoms in total. The second kappa shape index (κ2) is 18.4. The van der Waals surface area contributed by atoms with Gasteiger partial charge in [-0.25, -0.2) is 9.59 Å². The van der Waals surface area contributed by atoms with Gasteiger partial charge in [-0.2, -0.15) is 0 Å². The molecule has 50 heavy (non-hydrogen) atoms. The SMILES string of the molecule is Cc1ccc(C(C(=O)NC(Cc2ccccc2)C(=O)OC(C)(C)C)N(C(=O)C(CC(C)C)NC(=O)OC(C)(C)C)C(C)CCC(C)C)cc1C. The first kappa shape index (κ1) is 42.3. The van der Waals surface area contributed by atoms with Crippen molar-refractivity contribution in [2.24, 2.45) is 11.8 Å². The summed E-state index contributed by atoms with van der Waals surface area (Å²) in [4.78, 5) is 58.1. The number of ether oxygens (including phenoxy) is 2. The molecule has 0 aliphatic carbocycles. The predicted octanol–water partition coefficient (Wildman–Crippen LogP) is 8.01. The lowest BCUT2D eigenvalue weighted by molar-refractivity contribution is -0.159. The van der Waals surface area contributed by atoms with Crippen molar-refractivity contribution in [1.29, 1.82) is 0 Å². The van der Waals surface area contributed by atoms with E-state index < -0.39 is 59.2 Å². The monoisotopic (exact) mass is 693 g/mol.